The van der Waals surface area contributed by atoms with Crippen molar-refractivity contribution in [3.8, 4) is 0 Å². The van der Waals surface area contributed by atoms with Crippen LogP contribution in [0.4, 0.5) is 0 Å². The number of carbonyl (C=O) groups excluding carboxylic acids is 1. The lowest BCUT2D eigenvalue weighted by Crippen LogP contribution is -2.07. The molecule has 0 aliphatic rings. The van der Waals surface area contributed by atoms with Gasteiger partial charge >= 0.3 is 11.9 Å². The van der Waals surface area contributed by atoms with Crippen LogP contribution in [0.5, 0.6) is 0 Å². The number of ether oxygens (including phenoxy) is 2. The predicted octanol–water partition coefficient (Wildman–Crippen LogP) is 3.02. The first-order valence-corrected chi connectivity index (χ1v) is 6.97. The van der Waals surface area contributed by atoms with Gasteiger partial charge in [-0.2, -0.15) is 0 Å². The average Bonchev–Trinajstić information content (AvgIpc) is 2.34. The molecule has 5 heteroatoms. The first-order valence-electron chi connectivity index (χ1n) is 6.97. The Kier molecular flexibility index (Phi) is 18.0. The summed E-state index contributed by atoms with van der Waals surface area (Å²) in [5.74, 6) is -0.928. The third kappa shape index (κ3) is 26.5. The fourth-order valence-corrected chi connectivity index (χ4v) is 1.12. The second kappa shape index (κ2) is 16.9. The van der Waals surface area contributed by atoms with Crippen LogP contribution in [0.25, 0.3) is 0 Å². The van der Waals surface area contributed by atoms with Gasteiger partial charge < -0.3 is 14.6 Å². The van der Waals surface area contributed by atoms with E-state index in [2.05, 4.69) is 18.6 Å². The molecule has 1 N–H and O–H groups in total. The SMILES string of the molecule is CCCCCC(=O)O.CCCCOCCOC(C)=O. The first kappa shape index (κ1) is 20.2. The molecular weight excluding hydrogens is 248 g/mol. The Morgan fingerprint density at radius 3 is 2.05 bits per heavy atom. The summed E-state index contributed by atoms with van der Waals surface area (Å²) in [4.78, 5) is 20.1. The van der Waals surface area contributed by atoms with Crippen molar-refractivity contribution in [2.24, 2.45) is 0 Å². The zero-order valence-corrected chi connectivity index (χ0v) is 12.4. The van der Waals surface area contributed by atoms with E-state index < -0.39 is 5.97 Å². The topological polar surface area (TPSA) is 72.8 Å². The number of rotatable bonds is 10. The fourth-order valence-electron chi connectivity index (χ4n) is 1.12. The van der Waals surface area contributed by atoms with E-state index in [1.165, 1.54) is 6.92 Å². The lowest BCUT2D eigenvalue weighted by Gasteiger charge is -2.02. The number of hydrogen-bond donors (Lipinski definition) is 1. The Labute approximate surface area is 116 Å². The van der Waals surface area contributed by atoms with Crippen molar-refractivity contribution < 1.29 is 24.2 Å². The molecule has 0 amide bonds. The molecule has 5 nitrogen and oxygen atoms in total. The number of carboxylic acids is 1. The normalized spacial score (nSPS) is 9.42. The summed E-state index contributed by atoms with van der Waals surface area (Å²) in [6, 6.07) is 0. The van der Waals surface area contributed by atoms with Gasteiger partial charge in [-0.1, -0.05) is 33.1 Å². The van der Waals surface area contributed by atoms with Gasteiger partial charge in [0.05, 0.1) is 6.61 Å². The predicted molar refractivity (Wildman–Crippen MR) is 74.1 cm³/mol. The second-order valence-corrected chi connectivity index (χ2v) is 4.16. The van der Waals surface area contributed by atoms with Crippen molar-refractivity contribution in [1.82, 2.24) is 0 Å². The molecule has 0 rings (SSSR count). The quantitative estimate of drug-likeness (QED) is 0.490. The largest absolute Gasteiger partial charge is 0.481 e. The lowest BCUT2D eigenvalue weighted by molar-refractivity contribution is -0.142. The summed E-state index contributed by atoms with van der Waals surface area (Å²) in [6.45, 7) is 7.21. The van der Waals surface area contributed by atoms with Crippen LogP contribution in [-0.4, -0.2) is 36.9 Å². The molecule has 0 saturated heterocycles. The van der Waals surface area contributed by atoms with Gasteiger partial charge in [0, 0.05) is 20.0 Å². The van der Waals surface area contributed by atoms with E-state index in [0.29, 0.717) is 19.6 Å². The molecule has 0 atom stereocenters. The minimum absolute atomic E-state index is 0.246. The zero-order chi connectivity index (χ0) is 14.9. The number of esters is 1. The molecule has 0 unspecified atom stereocenters. The van der Waals surface area contributed by atoms with Gasteiger partial charge in [-0.15, -0.1) is 0 Å². The maximum absolute atomic E-state index is 10.3. The highest BCUT2D eigenvalue weighted by molar-refractivity contribution is 5.66. The average molecular weight is 276 g/mol. The lowest BCUT2D eigenvalue weighted by atomic mass is 10.2. The standard InChI is InChI=1S/C8H16O3.C6H12O2/c1-3-4-5-10-6-7-11-8(2)9;1-2-3-4-5-6(7)8/h3-7H2,1-2H3;2-5H2,1H3,(H,7,8). The molecule has 114 valence electrons. The van der Waals surface area contributed by atoms with Crippen LogP contribution in [0, 0.1) is 0 Å². The first-order chi connectivity index (χ1) is 9.04. The number of carbonyl (C=O) groups is 2. The second-order valence-electron chi connectivity index (χ2n) is 4.16. The van der Waals surface area contributed by atoms with Crippen molar-refractivity contribution >= 4 is 11.9 Å². The molecular formula is C14H28O5. The fraction of sp³-hybridized carbons (Fsp3) is 0.857. The number of hydrogen-bond acceptors (Lipinski definition) is 4. The summed E-state index contributed by atoms with van der Waals surface area (Å²) in [5, 5.41) is 8.14. The monoisotopic (exact) mass is 276 g/mol. The Hall–Kier alpha value is -1.10. The highest BCUT2D eigenvalue weighted by Crippen LogP contribution is 1.97. The number of unbranched alkanes of at least 4 members (excludes halogenated alkanes) is 3. The summed E-state index contributed by atoms with van der Waals surface area (Å²) in [7, 11) is 0. The molecule has 0 aromatic carbocycles. The number of carboxylic acid groups (broad SMARTS) is 1. The minimum atomic E-state index is -0.682. The Bertz CT molecular complexity index is 216. The summed E-state index contributed by atoms with van der Waals surface area (Å²) >= 11 is 0. The molecule has 0 aromatic heterocycles. The van der Waals surface area contributed by atoms with Gasteiger partial charge in [0.15, 0.2) is 0 Å². The van der Waals surface area contributed by atoms with Gasteiger partial charge in [-0.3, -0.25) is 9.59 Å². The van der Waals surface area contributed by atoms with Gasteiger partial charge in [-0.25, -0.2) is 0 Å². The summed E-state index contributed by atoms with van der Waals surface area (Å²) in [5.41, 5.74) is 0. The maximum atomic E-state index is 10.3. The summed E-state index contributed by atoms with van der Waals surface area (Å²) in [6.07, 6.45) is 5.48. The van der Waals surface area contributed by atoms with Crippen LogP contribution in [0.2, 0.25) is 0 Å². The summed E-state index contributed by atoms with van der Waals surface area (Å²) < 4.78 is 9.81. The molecule has 0 aliphatic carbocycles. The van der Waals surface area contributed by atoms with Crippen molar-refractivity contribution in [1.29, 1.82) is 0 Å². The molecule has 0 spiro atoms. The maximum Gasteiger partial charge on any atom is 0.303 e. The van der Waals surface area contributed by atoms with Crippen LogP contribution in [0.15, 0.2) is 0 Å². The molecule has 19 heavy (non-hydrogen) atoms. The molecule has 0 radical (unpaired) electrons. The molecule has 0 bridgehead atoms. The zero-order valence-electron chi connectivity index (χ0n) is 12.4. The van der Waals surface area contributed by atoms with Gasteiger partial charge in [-0.05, 0) is 12.8 Å². The van der Waals surface area contributed by atoms with E-state index in [0.717, 1.165) is 38.7 Å². The smallest absolute Gasteiger partial charge is 0.303 e. The van der Waals surface area contributed by atoms with Crippen LogP contribution in [0.1, 0.15) is 59.3 Å². The number of aliphatic carboxylic acids is 1. The molecule has 0 heterocycles. The molecule has 0 aromatic rings. The van der Waals surface area contributed by atoms with Gasteiger partial charge in [0.2, 0.25) is 0 Å². The Balaban J connectivity index is 0. The van der Waals surface area contributed by atoms with E-state index in [4.69, 9.17) is 9.84 Å². The van der Waals surface area contributed by atoms with Crippen molar-refractivity contribution in [2.45, 2.75) is 59.3 Å². The van der Waals surface area contributed by atoms with E-state index in [-0.39, 0.29) is 5.97 Å². The van der Waals surface area contributed by atoms with Crippen molar-refractivity contribution in [3.05, 3.63) is 0 Å². The van der Waals surface area contributed by atoms with Crippen molar-refractivity contribution in [3.63, 3.8) is 0 Å². The van der Waals surface area contributed by atoms with Gasteiger partial charge in [0.1, 0.15) is 6.61 Å². The van der Waals surface area contributed by atoms with Crippen LogP contribution in [-0.2, 0) is 19.1 Å². The Morgan fingerprint density at radius 1 is 0.947 bits per heavy atom. The van der Waals surface area contributed by atoms with E-state index in [1.807, 2.05) is 0 Å². The van der Waals surface area contributed by atoms with E-state index in [1.54, 1.807) is 0 Å². The third-order valence-corrected chi connectivity index (χ3v) is 2.17. The van der Waals surface area contributed by atoms with Crippen molar-refractivity contribution in [2.75, 3.05) is 19.8 Å². The Morgan fingerprint density at radius 2 is 1.58 bits per heavy atom. The molecule has 0 saturated carbocycles. The van der Waals surface area contributed by atoms with Crippen LogP contribution >= 0.6 is 0 Å². The molecule has 0 fully saturated rings. The highest BCUT2D eigenvalue weighted by Gasteiger charge is 1.93. The third-order valence-electron chi connectivity index (χ3n) is 2.17. The highest BCUT2D eigenvalue weighted by atomic mass is 16.6. The molecule has 0 aliphatic heterocycles. The minimum Gasteiger partial charge on any atom is -0.481 e. The van der Waals surface area contributed by atoms with Crippen LogP contribution in [0.3, 0.4) is 0 Å². The van der Waals surface area contributed by atoms with E-state index in [9.17, 15) is 9.59 Å². The van der Waals surface area contributed by atoms with Gasteiger partial charge in [0.25, 0.3) is 0 Å². The van der Waals surface area contributed by atoms with Crippen LogP contribution < -0.4 is 0 Å². The van der Waals surface area contributed by atoms with E-state index >= 15 is 0 Å².